The predicted octanol–water partition coefficient (Wildman–Crippen LogP) is 2.75. The van der Waals surface area contributed by atoms with E-state index in [9.17, 15) is 0 Å². The first kappa shape index (κ1) is 11.6. The van der Waals surface area contributed by atoms with Crippen molar-refractivity contribution in [2.45, 2.75) is 32.6 Å². The summed E-state index contributed by atoms with van der Waals surface area (Å²) in [4.78, 5) is 6.67. The van der Waals surface area contributed by atoms with Crippen LogP contribution in [0.25, 0.3) is 0 Å². The highest BCUT2D eigenvalue weighted by Crippen LogP contribution is 2.19. The van der Waals surface area contributed by atoms with E-state index < -0.39 is 0 Å². The SMILES string of the molecule is CC[C@H]1CCCN(CCc2ccncc2)C1. The molecule has 1 aliphatic rings. The molecule has 1 aromatic heterocycles. The molecule has 1 fully saturated rings. The number of aromatic nitrogens is 1. The maximum absolute atomic E-state index is 4.05. The Morgan fingerprint density at radius 2 is 2.19 bits per heavy atom. The Bertz CT molecular complexity index is 297. The van der Waals surface area contributed by atoms with Gasteiger partial charge in [0.15, 0.2) is 0 Å². The van der Waals surface area contributed by atoms with Gasteiger partial charge in [0.1, 0.15) is 0 Å². The van der Waals surface area contributed by atoms with Gasteiger partial charge in [0.2, 0.25) is 0 Å². The lowest BCUT2D eigenvalue weighted by molar-refractivity contribution is 0.173. The molecular weight excluding hydrogens is 196 g/mol. The summed E-state index contributed by atoms with van der Waals surface area (Å²) in [6.45, 7) is 6.13. The van der Waals surface area contributed by atoms with Gasteiger partial charge in [0.25, 0.3) is 0 Å². The van der Waals surface area contributed by atoms with Gasteiger partial charge in [-0.15, -0.1) is 0 Å². The van der Waals surface area contributed by atoms with Crippen molar-refractivity contribution < 1.29 is 0 Å². The van der Waals surface area contributed by atoms with E-state index in [-0.39, 0.29) is 0 Å². The van der Waals surface area contributed by atoms with Gasteiger partial charge in [-0.25, -0.2) is 0 Å². The van der Waals surface area contributed by atoms with Crippen LogP contribution in [0.4, 0.5) is 0 Å². The van der Waals surface area contributed by atoms with Crippen LogP contribution in [0.3, 0.4) is 0 Å². The molecule has 0 aromatic carbocycles. The smallest absolute Gasteiger partial charge is 0.0270 e. The van der Waals surface area contributed by atoms with Crippen LogP contribution in [0.5, 0.6) is 0 Å². The lowest BCUT2D eigenvalue weighted by atomic mass is 9.95. The summed E-state index contributed by atoms with van der Waals surface area (Å²) >= 11 is 0. The maximum atomic E-state index is 4.05. The van der Waals surface area contributed by atoms with Crippen LogP contribution in [-0.2, 0) is 6.42 Å². The van der Waals surface area contributed by atoms with Crippen LogP contribution in [0, 0.1) is 5.92 Å². The highest BCUT2D eigenvalue weighted by molar-refractivity contribution is 5.09. The summed E-state index contributed by atoms with van der Waals surface area (Å²) in [5, 5.41) is 0. The first-order valence-electron chi connectivity index (χ1n) is 6.49. The Labute approximate surface area is 98.7 Å². The van der Waals surface area contributed by atoms with E-state index in [4.69, 9.17) is 0 Å². The largest absolute Gasteiger partial charge is 0.303 e. The molecule has 2 heterocycles. The van der Waals surface area contributed by atoms with Crippen LogP contribution < -0.4 is 0 Å². The number of likely N-dealkylation sites (tertiary alicyclic amines) is 1. The standard InChI is InChI=1S/C14H22N2/c1-2-13-4-3-10-16(12-13)11-7-14-5-8-15-9-6-14/h5-6,8-9,13H,2-4,7,10-12H2,1H3/t13-/m0/s1. The molecule has 0 spiro atoms. The predicted molar refractivity (Wildman–Crippen MR) is 67.4 cm³/mol. The Balaban J connectivity index is 1.77. The van der Waals surface area contributed by atoms with Crippen LogP contribution >= 0.6 is 0 Å². The molecule has 0 amide bonds. The number of pyridine rings is 1. The monoisotopic (exact) mass is 218 g/mol. The Morgan fingerprint density at radius 3 is 2.94 bits per heavy atom. The summed E-state index contributed by atoms with van der Waals surface area (Å²) in [5.74, 6) is 0.936. The first-order valence-corrected chi connectivity index (χ1v) is 6.49. The second-order valence-corrected chi connectivity index (χ2v) is 4.82. The summed E-state index contributed by atoms with van der Waals surface area (Å²) in [7, 11) is 0. The minimum Gasteiger partial charge on any atom is -0.303 e. The lowest BCUT2D eigenvalue weighted by Gasteiger charge is -2.32. The number of hydrogen-bond acceptors (Lipinski definition) is 2. The zero-order valence-electron chi connectivity index (χ0n) is 10.2. The minimum absolute atomic E-state index is 0.936. The van der Waals surface area contributed by atoms with Crippen LogP contribution in [0.15, 0.2) is 24.5 Å². The summed E-state index contributed by atoms with van der Waals surface area (Å²) in [5.41, 5.74) is 1.41. The molecular formula is C14H22N2. The Morgan fingerprint density at radius 1 is 1.38 bits per heavy atom. The van der Waals surface area contributed by atoms with Crippen LogP contribution in [0.1, 0.15) is 31.7 Å². The molecule has 0 bridgehead atoms. The fourth-order valence-corrected chi connectivity index (χ4v) is 2.52. The van der Waals surface area contributed by atoms with Gasteiger partial charge in [-0.3, -0.25) is 4.98 Å². The molecule has 2 rings (SSSR count). The highest BCUT2D eigenvalue weighted by atomic mass is 15.1. The van der Waals surface area contributed by atoms with Gasteiger partial charge >= 0.3 is 0 Å². The molecule has 1 aliphatic heterocycles. The van der Waals surface area contributed by atoms with Gasteiger partial charge in [0, 0.05) is 25.5 Å². The molecule has 0 unspecified atom stereocenters. The second kappa shape index (κ2) is 6.00. The summed E-state index contributed by atoms with van der Waals surface area (Å²) in [6.07, 6.45) is 9.10. The van der Waals surface area contributed by atoms with E-state index >= 15 is 0 Å². The van der Waals surface area contributed by atoms with Gasteiger partial charge in [-0.1, -0.05) is 13.3 Å². The molecule has 16 heavy (non-hydrogen) atoms. The third-order valence-electron chi connectivity index (χ3n) is 3.65. The Hall–Kier alpha value is -0.890. The zero-order valence-corrected chi connectivity index (χ0v) is 10.2. The molecule has 2 nitrogen and oxygen atoms in total. The van der Waals surface area contributed by atoms with E-state index in [0.29, 0.717) is 0 Å². The quantitative estimate of drug-likeness (QED) is 0.772. The van der Waals surface area contributed by atoms with Crippen molar-refractivity contribution >= 4 is 0 Å². The fraction of sp³-hybridized carbons (Fsp3) is 0.643. The third-order valence-corrected chi connectivity index (χ3v) is 3.65. The highest BCUT2D eigenvalue weighted by Gasteiger charge is 2.17. The van der Waals surface area contributed by atoms with Crippen molar-refractivity contribution in [2.75, 3.05) is 19.6 Å². The summed E-state index contributed by atoms with van der Waals surface area (Å²) < 4.78 is 0. The zero-order chi connectivity index (χ0) is 11.2. The van der Waals surface area contributed by atoms with E-state index in [1.807, 2.05) is 12.4 Å². The van der Waals surface area contributed by atoms with Crippen molar-refractivity contribution in [2.24, 2.45) is 5.92 Å². The van der Waals surface area contributed by atoms with Crippen molar-refractivity contribution in [3.8, 4) is 0 Å². The molecule has 1 aromatic rings. The van der Waals surface area contributed by atoms with E-state index in [1.54, 1.807) is 0 Å². The van der Waals surface area contributed by atoms with Gasteiger partial charge in [0.05, 0.1) is 0 Å². The number of piperidine rings is 1. The molecule has 88 valence electrons. The first-order chi connectivity index (χ1) is 7.88. The molecule has 0 aliphatic carbocycles. The average Bonchev–Trinajstić information content (AvgIpc) is 2.38. The molecule has 0 saturated carbocycles. The number of hydrogen-bond donors (Lipinski definition) is 0. The van der Waals surface area contributed by atoms with Crippen LogP contribution in [0.2, 0.25) is 0 Å². The van der Waals surface area contributed by atoms with Crippen LogP contribution in [-0.4, -0.2) is 29.5 Å². The lowest BCUT2D eigenvalue weighted by Crippen LogP contribution is -2.36. The average molecular weight is 218 g/mol. The molecule has 2 heteroatoms. The van der Waals surface area contributed by atoms with Gasteiger partial charge in [-0.2, -0.15) is 0 Å². The number of rotatable bonds is 4. The molecule has 1 atom stereocenters. The number of nitrogens with zero attached hydrogens (tertiary/aromatic N) is 2. The summed E-state index contributed by atoms with van der Waals surface area (Å²) in [6, 6.07) is 4.25. The van der Waals surface area contributed by atoms with E-state index in [2.05, 4.69) is 28.9 Å². The van der Waals surface area contributed by atoms with Crippen molar-refractivity contribution in [3.05, 3.63) is 30.1 Å². The molecule has 1 saturated heterocycles. The van der Waals surface area contributed by atoms with Crippen molar-refractivity contribution in [3.63, 3.8) is 0 Å². The third kappa shape index (κ3) is 3.31. The molecule has 0 radical (unpaired) electrons. The maximum Gasteiger partial charge on any atom is 0.0270 e. The minimum atomic E-state index is 0.936. The fourth-order valence-electron chi connectivity index (χ4n) is 2.52. The van der Waals surface area contributed by atoms with Gasteiger partial charge < -0.3 is 4.90 Å². The topological polar surface area (TPSA) is 16.1 Å². The molecule has 0 N–H and O–H groups in total. The van der Waals surface area contributed by atoms with Crippen molar-refractivity contribution in [1.82, 2.24) is 9.88 Å². The normalized spacial score (nSPS) is 22.2. The van der Waals surface area contributed by atoms with Crippen molar-refractivity contribution in [1.29, 1.82) is 0 Å². The Kier molecular flexibility index (Phi) is 4.34. The van der Waals surface area contributed by atoms with E-state index in [1.165, 1.54) is 50.9 Å². The van der Waals surface area contributed by atoms with E-state index in [0.717, 1.165) is 5.92 Å². The second-order valence-electron chi connectivity index (χ2n) is 4.82. The van der Waals surface area contributed by atoms with Gasteiger partial charge in [-0.05, 0) is 49.4 Å².